The van der Waals surface area contributed by atoms with E-state index in [1.807, 2.05) is 0 Å². The highest BCUT2D eigenvalue weighted by atomic mass is 19.4. The number of carbonyl (C=O) groups is 3. The molecule has 2 aliphatic rings. The summed E-state index contributed by atoms with van der Waals surface area (Å²) in [7, 11) is 0. The molecule has 2 heterocycles. The number of benzodiazepines with no additional fused rings is 1. The zero-order valence-corrected chi connectivity index (χ0v) is 22.1. The van der Waals surface area contributed by atoms with Gasteiger partial charge in [-0.1, -0.05) is 31.2 Å². The van der Waals surface area contributed by atoms with Crippen LogP contribution >= 0.6 is 0 Å². The Bertz CT molecular complexity index is 1610. The maximum absolute atomic E-state index is 14.1. The highest BCUT2D eigenvalue weighted by molar-refractivity contribution is 6.21. The molecule has 0 bridgehead atoms. The third-order valence-corrected chi connectivity index (χ3v) is 6.78. The lowest BCUT2D eigenvalue weighted by atomic mass is 9.98. The smallest absolute Gasteiger partial charge is 0.419 e. The molecule has 42 heavy (non-hydrogen) atoms. The number of nitrogens with zero attached hydrogens (tertiary/aromatic N) is 2. The van der Waals surface area contributed by atoms with Crippen LogP contribution in [0.5, 0.6) is 11.5 Å². The molecule has 0 saturated heterocycles. The summed E-state index contributed by atoms with van der Waals surface area (Å²) in [5, 5.41) is 2.57. The molecular weight excluding hydrogens is 560 g/mol. The van der Waals surface area contributed by atoms with E-state index in [0.717, 1.165) is 17.0 Å². The number of hydrogen-bond acceptors (Lipinski definition) is 6. The van der Waals surface area contributed by atoms with Crippen molar-refractivity contribution in [2.75, 3.05) is 18.2 Å². The fraction of sp³-hybridized carbons (Fsp3) is 0.241. The van der Waals surface area contributed by atoms with E-state index in [0.29, 0.717) is 40.1 Å². The monoisotopic (exact) mass is 584 g/mol. The van der Waals surface area contributed by atoms with Crippen LogP contribution in [0, 0.1) is 11.7 Å². The summed E-state index contributed by atoms with van der Waals surface area (Å²) in [5.41, 5.74) is 5.85. The molecule has 0 saturated carbocycles. The second kappa shape index (κ2) is 11.1. The van der Waals surface area contributed by atoms with E-state index in [2.05, 4.69) is 10.3 Å². The number of hydrogen-bond donors (Lipinski definition) is 2. The van der Waals surface area contributed by atoms with Gasteiger partial charge in [0.1, 0.15) is 12.4 Å². The number of para-hydroxylation sites is 1. The van der Waals surface area contributed by atoms with Crippen molar-refractivity contribution in [2.24, 2.45) is 16.6 Å². The Labute approximate surface area is 236 Å². The molecule has 3 N–H and O–H groups in total. The molecule has 3 aromatic carbocycles. The third-order valence-electron chi connectivity index (χ3n) is 6.78. The lowest BCUT2D eigenvalue weighted by molar-refractivity contribution is -0.140. The minimum Gasteiger partial charge on any atom is -0.454 e. The van der Waals surface area contributed by atoms with Gasteiger partial charge in [0.05, 0.1) is 17.0 Å². The van der Waals surface area contributed by atoms with Crippen LogP contribution in [0.3, 0.4) is 0 Å². The van der Waals surface area contributed by atoms with Gasteiger partial charge in [-0.25, -0.2) is 9.38 Å². The summed E-state index contributed by atoms with van der Waals surface area (Å²) in [6, 6.07) is 14.2. The molecule has 2 aliphatic heterocycles. The van der Waals surface area contributed by atoms with E-state index in [4.69, 9.17) is 15.2 Å². The number of nitrogens with two attached hydrogens (primary N) is 1. The lowest BCUT2D eigenvalue weighted by Crippen LogP contribution is -2.50. The highest BCUT2D eigenvalue weighted by Gasteiger charge is 2.36. The predicted molar refractivity (Wildman–Crippen MR) is 142 cm³/mol. The van der Waals surface area contributed by atoms with Crippen molar-refractivity contribution in [3.63, 3.8) is 0 Å². The molecule has 0 radical (unpaired) electrons. The molecule has 0 aliphatic carbocycles. The molecule has 3 aromatic rings. The topological polar surface area (TPSA) is 123 Å². The summed E-state index contributed by atoms with van der Waals surface area (Å²) in [4.78, 5) is 44.6. The SMILES string of the molecule is C[C@@H](Cc1ccc(C(F)(F)F)c(F)c1)C(=O)NC1N=C(c2ccc3c(c2)OCO3)c2ccccc2N(CC(N)=O)C1=O. The Morgan fingerprint density at radius 2 is 1.83 bits per heavy atom. The largest absolute Gasteiger partial charge is 0.454 e. The van der Waals surface area contributed by atoms with Gasteiger partial charge in [0, 0.05) is 17.0 Å². The van der Waals surface area contributed by atoms with Crippen LogP contribution in [0.2, 0.25) is 0 Å². The lowest BCUT2D eigenvalue weighted by Gasteiger charge is -2.24. The first kappa shape index (κ1) is 28.6. The van der Waals surface area contributed by atoms with Gasteiger partial charge < -0.3 is 20.5 Å². The number of primary amides is 1. The molecule has 9 nitrogen and oxygen atoms in total. The zero-order chi connectivity index (χ0) is 30.2. The molecule has 218 valence electrons. The first-order valence-electron chi connectivity index (χ1n) is 12.7. The van der Waals surface area contributed by atoms with Crippen LogP contribution in [0.1, 0.15) is 29.2 Å². The number of alkyl halides is 3. The van der Waals surface area contributed by atoms with Gasteiger partial charge in [0.2, 0.25) is 24.8 Å². The second-order valence-corrected chi connectivity index (χ2v) is 9.78. The fourth-order valence-corrected chi connectivity index (χ4v) is 4.75. The number of anilines is 1. The van der Waals surface area contributed by atoms with Gasteiger partial charge in [-0.15, -0.1) is 0 Å². The van der Waals surface area contributed by atoms with Crippen molar-refractivity contribution in [1.29, 1.82) is 0 Å². The average molecular weight is 585 g/mol. The third kappa shape index (κ3) is 5.76. The number of rotatable bonds is 7. The van der Waals surface area contributed by atoms with Gasteiger partial charge in [0.25, 0.3) is 5.91 Å². The normalized spacial score (nSPS) is 16.8. The van der Waals surface area contributed by atoms with Crippen molar-refractivity contribution in [2.45, 2.75) is 25.7 Å². The van der Waals surface area contributed by atoms with Gasteiger partial charge in [-0.05, 0) is 48.4 Å². The maximum atomic E-state index is 14.1. The molecule has 2 atom stereocenters. The minimum atomic E-state index is -4.85. The summed E-state index contributed by atoms with van der Waals surface area (Å²) in [5.74, 6) is -3.59. The zero-order valence-electron chi connectivity index (χ0n) is 22.1. The Morgan fingerprint density at radius 1 is 1.10 bits per heavy atom. The van der Waals surface area contributed by atoms with Gasteiger partial charge in [-0.3, -0.25) is 19.3 Å². The van der Waals surface area contributed by atoms with Crippen molar-refractivity contribution in [3.05, 3.63) is 88.7 Å². The molecule has 0 aromatic heterocycles. The van der Waals surface area contributed by atoms with E-state index in [1.54, 1.807) is 42.5 Å². The molecule has 5 rings (SSSR count). The second-order valence-electron chi connectivity index (χ2n) is 9.78. The molecule has 1 unspecified atom stereocenters. The Kier molecular flexibility index (Phi) is 7.59. The number of ether oxygens (including phenoxy) is 2. The fourth-order valence-electron chi connectivity index (χ4n) is 4.75. The molecule has 0 spiro atoms. The number of benzene rings is 3. The Hall–Kier alpha value is -4.94. The van der Waals surface area contributed by atoms with Crippen molar-refractivity contribution < 1.29 is 41.4 Å². The van der Waals surface area contributed by atoms with Gasteiger partial charge in [0.15, 0.2) is 11.5 Å². The van der Waals surface area contributed by atoms with Crippen molar-refractivity contribution in [1.82, 2.24) is 5.32 Å². The van der Waals surface area contributed by atoms with Crippen LogP contribution in [0.4, 0.5) is 23.2 Å². The van der Waals surface area contributed by atoms with Crippen LogP contribution in [0.15, 0.2) is 65.7 Å². The van der Waals surface area contributed by atoms with E-state index < -0.39 is 53.9 Å². The number of carbonyl (C=O) groups excluding carboxylic acids is 3. The summed E-state index contributed by atoms with van der Waals surface area (Å²) < 4.78 is 63.8. The Balaban J connectivity index is 1.47. The van der Waals surface area contributed by atoms with Gasteiger partial charge in [-0.2, -0.15) is 13.2 Å². The number of halogens is 4. The van der Waals surface area contributed by atoms with Gasteiger partial charge >= 0.3 is 6.18 Å². The van der Waals surface area contributed by atoms with Crippen molar-refractivity contribution in [3.8, 4) is 11.5 Å². The molecule has 0 fully saturated rings. The maximum Gasteiger partial charge on any atom is 0.419 e. The van der Waals surface area contributed by atoms with E-state index in [9.17, 15) is 31.9 Å². The number of aliphatic imine (C=N–C) groups is 1. The van der Waals surface area contributed by atoms with Crippen LogP contribution in [0.25, 0.3) is 0 Å². The minimum absolute atomic E-state index is 0.0339. The molecule has 13 heteroatoms. The number of fused-ring (bicyclic) bond motifs is 2. The first-order valence-corrected chi connectivity index (χ1v) is 12.7. The quantitative estimate of drug-likeness (QED) is 0.411. The number of nitrogens with one attached hydrogen (secondary N) is 1. The number of amides is 3. The Morgan fingerprint density at radius 3 is 2.55 bits per heavy atom. The van der Waals surface area contributed by atoms with E-state index >= 15 is 0 Å². The van der Waals surface area contributed by atoms with E-state index in [-0.39, 0.29) is 18.8 Å². The molecule has 3 amide bonds. The van der Waals surface area contributed by atoms with Crippen LogP contribution < -0.4 is 25.4 Å². The molecular formula is C29H24F4N4O5. The average Bonchev–Trinajstić information content (AvgIpc) is 3.37. The van der Waals surface area contributed by atoms with Crippen LogP contribution in [-0.4, -0.2) is 42.9 Å². The summed E-state index contributed by atoms with van der Waals surface area (Å²) in [6.07, 6.45) is -6.48. The summed E-state index contributed by atoms with van der Waals surface area (Å²) in [6.45, 7) is 1.02. The van der Waals surface area contributed by atoms with E-state index in [1.165, 1.54) is 6.92 Å². The van der Waals surface area contributed by atoms with Crippen molar-refractivity contribution >= 4 is 29.1 Å². The predicted octanol–water partition coefficient (Wildman–Crippen LogP) is 3.56. The summed E-state index contributed by atoms with van der Waals surface area (Å²) >= 11 is 0. The van der Waals surface area contributed by atoms with Crippen LogP contribution in [-0.2, 0) is 27.0 Å². The first-order chi connectivity index (χ1) is 19.9. The highest BCUT2D eigenvalue weighted by Crippen LogP contribution is 2.36. The standard InChI is InChI=1S/C29H24F4N4O5/c1-15(10-16-6-8-19(20(30)11-16)29(31,32)33)27(39)36-26-28(40)37(13-24(34)38)21-5-3-2-4-18(21)25(35-26)17-7-9-22-23(12-17)42-14-41-22/h2-9,11-12,15,26H,10,13-14H2,1H3,(H2,34,38)(H,36,39)/t15-,26?/m0/s1.